The Labute approximate surface area is 222 Å². The Hall–Kier alpha value is -4.06. The molecule has 2 amide bonds. The molecule has 0 saturated heterocycles. The number of amides is 2. The minimum atomic E-state index is -4.74. The first-order chi connectivity index (χ1) is 18.3. The number of hydrogen-bond acceptors (Lipinski definition) is 4. The van der Waals surface area contributed by atoms with E-state index in [1.165, 1.54) is 0 Å². The summed E-state index contributed by atoms with van der Waals surface area (Å²) < 4.78 is 83.6. The predicted molar refractivity (Wildman–Crippen MR) is 130 cm³/mol. The summed E-state index contributed by atoms with van der Waals surface area (Å²) in [6.45, 7) is -0.426. The summed E-state index contributed by atoms with van der Waals surface area (Å²) in [5, 5.41) is 6.87. The number of hydrogen-bond donors (Lipinski definition) is 1. The van der Waals surface area contributed by atoms with E-state index in [9.17, 15) is 35.9 Å². The summed E-state index contributed by atoms with van der Waals surface area (Å²) in [6.07, 6.45) is -9.31. The molecule has 1 aliphatic heterocycles. The zero-order chi connectivity index (χ0) is 28.6. The molecule has 4 rings (SSSR count). The highest BCUT2D eigenvalue weighted by Crippen LogP contribution is 2.40. The zero-order valence-electron chi connectivity index (χ0n) is 19.9. The Bertz CT molecular complexity index is 1430. The summed E-state index contributed by atoms with van der Waals surface area (Å²) in [7, 11) is 1.11. The molecule has 0 saturated carbocycles. The van der Waals surface area contributed by atoms with Gasteiger partial charge >= 0.3 is 24.4 Å². The second-order valence-electron chi connectivity index (χ2n) is 8.47. The van der Waals surface area contributed by atoms with Gasteiger partial charge in [0.2, 0.25) is 0 Å². The number of halogens is 7. The number of carbonyl (C=O) groups is 2. The lowest BCUT2D eigenvalue weighted by atomic mass is 9.74. The van der Waals surface area contributed by atoms with Crippen molar-refractivity contribution >= 4 is 35.0 Å². The van der Waals surface area contributed by atoms with Crippen LogP contribution in [-0.2, 0) is 27.3 Å². The third kappa shape index (κ3) is 5.42. The van der Waals surface area contributed by atoms with Crippen LogP contribution in [0, 0.1) is 0 Å². The van der Waals surface area contributed by atoms with Crippen molar-refractivity contribution in [1.29, 1.82) is 0 Å². The van der Waals surface area contributed by atoms with Gasteiger partial charge in [-0.15, -0.1) is 0 Å². The van der Waals surface area contributed by atoms with Gasteiger partial charge in [-0.3, -0.25) is 4.79 Å². The molecule has 0 radical (unpaired) electrons. The molecule has 3 aromatic rings. The van der Waals surface area contributed by atoms with Gasteiger partial charge in [0.15, 0.2) is 5.41 Å². The third-order valence-electron chi connectivity index (χ3n) is 6.06. The molecule has 1 unspecified atom stereocenters. The van der Waals surface area contributed by atoms with Gasteiger partial charge in [-0.2, -0.15) is 31.4 Å². The van der Waals surface area contributed by atoms with Crippen LogP contribution < -0.4 is 5.32 Å². The van der Waals surface area contributed by atoms with Crippen LogP contribution in [0.2, 0.25) is 5.02 Å². The van der Waals surface area contributed by atoms with E-state index in [-0.39, 0.29) is 17.0 Å². The lowest BCUT2D eigenvalue weighted by Crippen LogP contribution is -2.48. The second-order valence-corrected chi connectivity index (χ2v) is 8.87. The summed E-state index contributed by atoms with van der Waals surface area (Å²) >= 11 is 5.93. The number of methoxy groups -OCH3 is 1. The molecule has 1 atom stereocenters. The molecule has 1 heterocycles. The maximum atomic E-state index is 13.3. The number of ether oxygens (including phenoxy) is 1. The number of esters is 1. The number of urea groups is 1. The van der Waals surface area contributed by atoms with Gasteiger partial charge in [0.1, 0.15) is 0 Å². The molecule has 39 heavy (non-hydrogen) atoms. The van der Waals surface area contributed by atoms with Gasteiger partial charge in [0.25, 0.3) is 0 Å². The van der Waals surface area contributed by atoms with Gasteiger partial charge in [-0.25, -0.2) is 9.80 Å². The fourth-order valence-corrected chi connectivity index (χ4v) is 4.48. The van der Waals surface area contributed by atoms with Crippen LogP contribution in [0.1, 0.15) is 22.3 Å². The van der Waals surface area contributed by atoms with Crippen molar-refractivity contribution in [2.45, 2.75) is 17.8 Å². The highest BCUT2D eigenvalue weighted by Gasteiger charge is 2.53. The highest BCUT2D eigenvalue weighted by molar-refractivity contribution is 6.32. The van der Waals surface area contributed by atoms with Crippen molar-refractivity contribution in [1.82, 2.24) is 5.01 Å². The van der Waals surface area contributed by atoms with E-state index >= 15 is 0 Å². The zero-order valence-corrected chi connectivity index (χ0v) is 20.7. The molecule has 0 aromatic heterocycles. The first-order valence-electron chi connectivity index (χ1n) is 11.1. The quantitative estimate of drug-likeness (QED) is 0.279. The fraction of sp³-hybridized carbons (Fsp3) is 0.192. The molecule has 204 valence electrons. The van der Waals surface area contributed by atoms with E-state index in [2.05, 4.69) is 10.4 Å². The molecule has 1 N–H and O–H groups in total. The van der Waals surface area contributed by atoms with Crippen LogP contribution in [-0.4, -0.2) is 36.4 Å². The van der Waals surface area contributed by atoms with Crippen LogP contribution in [0.4, 0.5) is 36.8 Å². The first kappa shape index (κ1) is 28.0. The standard InChI is InChI=1S/C26H18ClF6N3O3/c1-39-22(37)24(16-5-3-2-4-6-16)14-36(23(38)34-18-10-8-17(9-11-18)25(28,29)30)35-21(24)15-7-12-19(20(27)13-15)26(31,32)33/h2-13H,14H2,1H3,(H,34,38). The molecule has 6 nitrogen and oxygen atoms in total. The maximum Gasteiger partial charge on any atom is 0.417 e. The van der Waals surface area contributed by atoms with Crippen molar-refractivity contribution in [2.24, 2.45) is 5.10 Å². The first-order valence-corrected chi connectivity index (χ1v) is 11.5. The Morgan fingerprint density at radius 2 is 1.59 bits per heavy atom. The third-order valence-corrected chi connectivity index (χ3v) is 6.37. The van der Waals surface area contributed by atoms with Crippen LogP contribution in [0.5, 0.6) is 0 Å². The van der Waals surface area contributed by atoms with E-state index in [1.54, 1.807) is 30.3 Å². The monoisotopic (exact) mass is 569 g/mol. The Balaban J connectivity index is 1.78. The van der Waals surface area contributed by atoms with Crippen molar-refractivity contribution in [3.8, 4) is 0 Å². The SMILES string of the molecule is COC(=O)C1(c2ccccc2)CN(C(=O)Nc2ccc(C(F)(F)F)cc2)N=C1c1ccc(C(F)(F)F)c(Cl)c1. The summed E-state index contributed by atoms with van der Waals surface area (Å²) in [5.74, 6) is -0.853. The lowest BCUT2D eigenvalue weighted by molar-refractivity contribution is -0.144. The van der Waals surface area contributed by atoms with E-state index in [1.807, 2.05) is 0 Å². The number of carbonyl (C=O) groups excluding carboxylic acids is 2. The van der Waals surface area contributed by atoms with Gasteiger partial charge in [-0.1, -0.05) is 48.0 Å². The number of anilines is 1. The van der Waals surface area contributed by atoms with Crippen LogP contribution >= 0.6 is 11.6 Å². The van der Waals surface area contributed by atoms with Crippen LogP contribution in [0.15, 0.2) is 77.9 Å². The minimum absolute atomic E-state index is 0.0117. The number of nitrogens with one attached hydrogen (secondary N) is 1. The molecular formula is C26H18ClF6N3O3. The van der Waals surface area contributed by atoms with Crippen LogP contribution in [0.25, 0.3) is 0 Å². The van der Waals surface area contributed by atoms with E-state index in [0.29, 0.717) is 5.56 Å². The summed E-state index contributed by atoms with van der Waals surface area (Å²) in [5.41, 5.74) is -3.54. The van der Waals surface area contributed by atoms with Crippen molar-refractivity contribution in [2.75, 3.05) is 19.0 Å². The Morgan fingerprint density at radius 1 is 0.949 bits per heavy atom. The smallest absolute Gasteiger partial charge is 0.417 e. The number of benzene rings is 3. The highest BCUT2D eigenvalue weighted by atomic mass is 35.5. The molecule has 0 fully saturated rings. The van der Waals surface area contributed by atoms with Gasteiger partial charge < -0.3 is 10.1 Å². The van der Waals surface area contributed by atoms with Gasteiger partial charge in [0, 0.05) is 11.3 Å². The Kier molecular flexibility index (Phi) is 7.35. The molecule has 13 heteroatoms. The minimum Gasteiger partial charge on any atom is -0.468 e. The molecule has 0 aliphatic carbocycles. The topological polar surface area (TPSA) is 71.0 Å². The molecular weight excluding hydrogens is 552 g/mol. The van der Waals surface area contributed by atoms with E-state index in [4.69, 9.17) is 16.3 Å². The fourth-order valence-electron chi connectivity index (χ4n) is 4.19. The number of hydrazone groups is 1. The molecule has 1 aliphatic rings. The lowest BCUT2D eigenvalue weighted by Gasteiger charge is -2.28. The van der Waals surface area contributed by atoms with E-state index in [0.717, 1.165) is 54.6 Å². The number of alkyl halides is 6. The predicted octanol–water partition coefficient (Wildman–Crippen LogP) is 6.74. The van der Waals surface area contributed by atoms with Crippen molar-refractivity contribution in [3.05, 3.63) is 100 Å². The van der Waals surface area contributed by atoms with Crippen LogP contribution in [0.3, 0.4) is 0 Å². The normalized spacial score (nSPS) is 17.5. The molecule has 3 aromatic carbocycles. The average Bonchev–Trinajstić information content (AvgIpc) is 3.30. The second kappa shape index (κ2) is 10.3. The van der Waals surface area contributed by atoms with Gasteiger partial charge in [-0.05, 0) is 42.0 Å². The summed E-state index contributed by atoms with van der Waals surface area (Å²) in [4.78, 5) is 26.4. The summed E-state index contributed by atoms with van der Waals surface area (Å²) in [6, 6.07) is 13.6. The largest absolute Gasteiger partial charge is 0.468 e. The average molecular weight is 570 g/mol. The maximum absolute atomic E-state index is 13.3. The molecule has 0 spiro atoms. The van der Waals surface area contributed by atoms with Gasteiger partial charge in [0.05, 0.1) is 35.5 Å². The Morgan fingerprint density at radius 3 is 2.13 bits per heavy atom. The van der Waals surface area contributed by atoms with Crippen molar-refractivity contribution in [3.63, 3.8) is 0 Å². The number of nitrogens with zero attached hydrogens (tertiary/aromatic N) is 2. The number of rotatable bonds is 4. The van der Waals surface area contributed by atoms with Crippen molar-refractivity contribution < 1.29 is 40.7 Å². The molecule has 0 bridgehead atoms. The van der Waals surface area contributed by atoms with E-state index < -0.39 is 52.5 Å².